The molecule has 0 atom stereocenters. The first-order valence-corrected chi connectivity index (χ1v) is 7.49. The summed E-state index contributed by atoms with van der Waals surface area (Å²) in [5, 5.41) is 15.6. The molecular weight excluding hydrogens is 323 g/mol. The first-order chi connectivity index (χ1) is 12.2. The van der Waals surface area contributed by atoms with Gasteiger partial charge in [-0.3, -0.25) is 0 Å². The van der Waals surface area contributed by atoms with Gasteiger partial charge in [-0.1, -0.05) is 12.1 Å². The summed E-state index contributed by atoms with van der Waals surface area (Å²) in [7, 11) is 0. The summed E-state index contributed by atoms with van der Waals surface area (Å²) in [6, 6.07) is 11.5. The van der Waals surface area contributed by atoms with E-state index in [1.54, 1.807) is 42.6 Å². The monoisotopic (exact) mass is 336 g/mol. The van der Waals surface area contributed by atoms with Crippen LogP contribution in [0.1, 0.15) is 5.82 Å². The highest BCUT2D eigenvalue weighted by molar-refractivity contribution is 5.60. The number of nitrogen functional groups attached to an aromatic ring is 1. The summed E-state index contributed by atoms with van der Waals surface area (Å²) >= 11 is 0. The number of benzene rings is 1. The summed E-state index contributed by atoms with van der Waals surface area (Å²) < 4.78 is 15.5. The van der Waals surface area contributed by atoms with E-state index in [2.05, 4.69) is 30.6 Å². The third kappa shape index (κ3) is 2.94. The standard InChI is InChI=1S/C16H13FN8/c17-11-4-2-1-3-10(11)16-23-22-15-6-5-13(24-25(15)16)20-9-14-19-8-7-12(18)21-14/h1-8H,9H2,(H,20,24)(H2,18,19,21). The molecule has 0 radical (unpaired) electrons. The fraction of sp³-hybridized carbons (Fsp3) is 0.0625. The maximum atomic E-state index is 14.0. The van der Waals surface area contributed by atoms with Crippen molar-refractivity contribution in [3.8, 4) is 11.4 Å². The fourth-order valence-corrected chi connectivity index (χ4v) is 2.36. The molecule has 3 N–H and O–H groups in total. The number of hydrogen-bond acceptors (Lipinski definition) is 7. The highest BCUT2D eigenvalue weighted by atomic mass is 19.1. The van der Waals surface area contributed by atoms with Gasteiger partial charge in [0.15, 0.2) is 11.5 Å². The zero-order valence-electron chi connectivity index (χ0n) is 13.0. The van der Waals surface area contributed by atoms with Crippen molar-refractivity contribution in [1.29, 1.82) is 0 Å². The van der Waals surface area contributed by atoms with E-state index in [4.69, 9.17) is 5.73 Å². The number of aromatic nitrogens is 6. The lowest BCUT2D eigenvalue weighted by atomic mass is 10.2. The number of nitrogens with two attached hydrogens (primary N) is 1. The van der Waals surface area contributed by atoms with E-state index >= 15 is 0 Å². The molecule has 25 heavy (non-hydrogen) atoms. The zero-order valence-corrected chi connectivity index (χ0v) is 13.0. The van der Waals surface area contributed by atoms with Crippen LogP contribution in [-0.4, -0.2) is 29.8 Å². The molecule has 0 fully saturated rings. The summed E-state index contributed by atoms with van der Waals surface area (Å²) in [5.41, 5.74) is 6.49. The van der Waals surface area contributed by atoms with Crippen LogP contribution in [0.2, 0.25) is 0 Å². The van der Waals surface area contributed by atoms with E-state index in [1.807, 2.05) is 0 Å². The Labute approximate surface area is 141 Å². The molecule has 0 bridgehead atoms. The third-order valence-corrected chi connectivity index (χ3v) is 3.53. The molecule has 4 rings (SSSR count). The lowest BCUT2D eigenvalue weighted by molar-refractivity contribution is 0.629. The van der Waals surface area contributed by atoms with Crippen LogP contribution >= 0.6 is 0 Å². The summed E-state index contributed by atoms with van der Waals surface area (Å²) in [6.07, 6.45) is 1.59. The minimum atomic E-state index is -0.384. The Bertz CT molecular complexity index is 1050. The van der Waals surface area contributed by atoms with Crippen LogP contribution < -0.4 is 11.1 Å². The summed E-state index contributed by atoms with van der Waals surface area (Å²) in [5.74, 6) is 1.44. The third-order valence-electron chi connectivity index (χ3n) is 3.53. The summed E-state index contributed by atoms with van der Waals surface area (Å²) in [4.78, 5) is 8.23. The fourth-order valence-electron chi connectivity index (χ4n) is 2.36. The van der Waals surface area contributed by atoms with Crippen LogP contribution in [0.25, 0.3) is 17.0 Å². The number of nitrogens with one attached hydrogen (secondary N) is 1. The lowest BCUT2D eigenvalue weighted by Crippen LogP contribution is -2.08. The lowest BCUT2D eigenvalue weighted by Gasteiger charge is -2.06. The molecule has 0 amide bonds. The molecule has 8 nitrogen and oxygen atoms in total. The Morgan fingerprint density at radius 2 is 1.96 bits per heavy atom. The second kappa shape index (κ2) is 6.11. The number of anilines is 2. The Balaban J connectivity index is 1.65. The van der Waals surface area contributed by atoms with Crippen LogP contribution in [-0.2, 0) is 6.54 Å². The predicted octanol–water partition coefficient (Wildman–Crippen LogP) is 1.91. The highest BCUT2D eigenvalue weighted by Gasteiger charge is 2.13. The molecule has 0 unspecified atom stereocenters. The van der Waals surface area contributed by atoms with Gasteiger partial charge in [0, 0.05) is 6.20 Å². The van der Waals surface area contributed by atoms with Crippen molar-refractivity contribution < 1.29 is 4.39 Å². The highest BCUT2D eigenvalue weighted by Crippen LogP contribution is 2.21. The summed E-state index contributed by atoms with van der Waals surface area (Å²) in [6.45, 7) is 0.348. The van der Waals surface area contributed by atoms with Crippen molar-refractivity contribution in [3.05, 3.63) is 60.3 Å². The molecule has 124 valence electrons. The topological polar surface area (TPSA) is 107 Å². The van der Waals surface area contributed by atoms with Crippen LogP contribution in [0.4, 0.5) is 16.0 Å². The van der Waals surface area contributed by atoms with Crippen LogP contribution in [0, 0.1) is 5.82 Å². The second-order valence-electron chi connectivity index (χ2n) is 5.24. The Morgan fingerprint density at radius 1 is 1.08 bits per heavy atom. The molecular formula is C16H13FN8. The number of hydrogen-bond donors (Lipinski definition) is 2. The Hall–Kier alpha value is -3.62. The van der Waals surface area contributed by atoms with E-state index in [9.17, 15) is 4.39 Å². The van der Waals surface area contributed by atoms with Gasteiger partial charge in [-0.05, 0) is 30.3 Å². The molecule has 9 heteroatoms. The largest absolute Gasteiger partial charge is 0.384 e. The van der Waals surface area contributed by atoms with Gasteiger partial charge in [0.1, 0.15) is 23.3 Å². The van der Waals surface area contributed by atoms with E-state index in [-0.39, 0.29) is 5.82 Å². The first-order valence-electron chi connectivity index (χ1n) is 7.49. The average Bonchev–Trinajstić information content (AvgIpc) is 3.03. The van der Waals surface area contributed by atoms with Crippen molar-refractivity contribution >= 4 is 17.3 Å². The van der Waals surface area contributed by atoms with Crippen LogP contribution in [0.3, 0.4) is 0 Å². The number of rotatable bonds is 4. The molecule has 0 saturated carbocycles. The molecule has 0 spiro atoms. The van der Waals surface area contributed by atoms with Gasteiger partial charge in [-0.25, -0.2) is 14.4 Å². The Kier molecular flexibility index (Phi) is 3.65. The SMILES string of the molecule is Nc1ccnc(CNc2ccc3nnc(-c4ccccc4F)n3n2)n1. The minimum absolute atomic E-state index is 0.331. The van der Waals surface area contributed by atoms with Crippen molar-refractivity contribution in [3.63, 3.8) is 0 Å². The molecule has 0 aliphatic heterocycles. The number of nitrogens with zero attached hydrogens (tertiary/aromatic N) is 6. The van der Waals surface area contributed by atoms with Crippen LogP contribution in [0.5, 0.6) is 0 Å². The van der Waals surface area contributed by atoms with Gasteiger partial charge in [-0.15, -0.1) is 15.3 Å². The quantitative estimate of drug-likeness (QED) is 0.586. The number of halogens is 1. The molecule has 0 aliphatic carbocycles. The van der Waals surface area contributed by atoms with Gasteiger partial charge >= 0.3 is 0 Å². The smallest absolute Gasteiger partial charge is 0.188 e. The molecule has 1 aromatic carbocycles. The Morgan fingerprint density at radius 3 is 2.80 bits per heavy atom. The molecule has 0 saturated heterocycles. The van der Waals surface area contributed by atoms with Crippen molar-refractivity contribution in [2.75, 3.05) is 11.1 Å². The maximum Gasteiger partial charge on any atom is 0.188 e. The first kappa shape index (κ1) is 14.9. The van der Waals surface area contributed by atoms with E-state index in [0.717, 1.165) is 0 Å². The van der Waals surface area contributed by atoms with E-state index < -0.39 is 0 Å². The van der Waals surface area contributed by atoms with Gasteiger partial charge in [-0.2, -0.15) is 4.52 Å². The average molecular weight is 336 g/mol. The normalized spacial score (nSPS) is 10.9. The predicted molar refractivity (Wildman–Crippen MR) is 89.9 cm³/mol. The zero-order chi connectivity index (χ0) is 17.2. The molecule has 3 heterocycles. The van der Waals surface area contributed by atoms with Gasteiger partial charge in [0.2, 0.25) is 0 Å². The van der Waals surface area contributed by atoms with E-state index in [1.165, 1.54) is 10.6 Å². The van der Waals surface area contributed by atoms with E-state index in [0.29, 0.717) is 41.0 Å². The van der Waals surface area contributed by atoms with Gasteiger partial charge in [0.25, 0.3) is 0 Å². The van der Waals surface area contributed by atoms with Gasteiger partial charge < -0.3 is 11.1 Å². The number of fused-ring (bicyclic) bond motifs is 1. The molecule has 0 aliphatic rings. The van der Waals surface area contributed by atoms with Crippen molar-refractivity contribution in [2.24, 2.45) is 0 Å². The molecule has 3 aromatic heterocycles. The van der Waals surface area contributed by atoms with Crippen molar-refractivity contribution in [1.82, 2.24) is 29.8 Å². The van der Waals surface area contributed by atoms with Crippen LogP contribution in [0.15, 0.2) is 48.7 Å². The minimum Gasteiger partial charge on any atom is -0.384 e. The second-order valence-corrected chi connectivity index (χ2v) is 5.24. The van der Waals surface area contributed by atoms with Crippen molar-refractivity contribution in [2.45, 2.75) is 6.54 Å². The maximum absolute atomic E-state index is 14.0. The van der Waals surface area contributed by atoms with Gasteiger partial charge in [0.05, 0.1) is 12.1 Å². The molecule has 4 aromatic rings.